The van der Waals surface area contributed by atoms with Crippen LogP contribution in [0, 0.1) is 0 Å². The summed E-state index contributed by atoms with van der Waals surface area (Å²) in [5, 5.41) is 0. The van der Waals surface area contributed by atoms with Gasteiger partial charge < -0.3 is 0 Å². The maximum absolute atomic E-state index is 4.81. The molecular weight excluding hydrogens is 389 g/mol. The first-order valence-electron chi connectivity index (χ1n) is 1.77. The van der Waals surface area contributed by atoms with Crippen LogP contribution in [-0.2, 0) is 3.10 Å². The molecule has 0 amide bonds. The first-order chi connectivity index (χ1) is 2.91. The van der Waals surface area contributed by atoms with Crippen molar-refractivity contribution in [1.82, 2.24) is 0 Å². The van der Waals surface area contributed by atoms with E-state index in [4.69, 9.17) is 3.10 Å². The van der Waals surface area contributed by atoms with Crippen molar-refractivity contribution in [2.75, 3.05) is 6.61 Å². The van der Waals surface area contributed by atoms with Crippen LogP contribution in [0.4, 0.5) is 0 Å². The zero-order valence-electron chi connectivity index (χ0n) is 3.39. The van der Waals surface area contributed by atoms with Gasteiger partial charge in [0.25, 0.3) is 0 Å². The quantitative estimate of drug-likeness (QED) is 0.486. The molecule has 0 aliphatic heterocycles. The van der Waals surface area contributed by atoms with Crippen molar-refractivity contribution in [2.45, 2.75) is 10.5 Å². The summed E-state index contributed by atoms with van der Waals surface area (Å²) < 4.78 is 6.15. The second-order valence-corrected chi connectivity index (χ2v) is 3.31. The van der Waals surface area contributed by atoms with Crippen molar-refractivity contribution in [1.29, 1.82) is 0 Å². The fourth-order valence-electron chi connectivity index (χ4n) is 0.123. The predicted molar refractivity (Wildman–Crippen MR) is 26.9 cm³/mol. The molecule has 0 saturated carbocycles. The molecule has 0 bridgehead atoms. The average Bonchev–Trinajstić information content (AvgIpc) is 1.61. The van der Waals surface area contributed by atoms with E-state index in [-0.39, 0.29) is 0 Å². The van der Waals surface area contributed by atoms with E-state index in [0.717, 1.165) is 6.61 Å². The van der Waals surface area contributed by atoms with Crippen molar-refractivity contribution in [3.05, 3.63) is 0 Å². The molecule has 0 unspecified atom stereocenters. The minimum atomic E-state index is 0.945. The molecule has 3 radical (unpaired) electrons. The van der Waals surface area contributed by atoms with E-state index in [9.17, 15) is 0 Å². The van der Waals surface area contributed by atoms with Gasteiger partial charge in [-0.05, 0) is 0 Å². The van der Waals surface area contributed by atoms with Gasteiger partial charge >= 0.3 is 67.7 Å². The van der Waals surface area contributed by atoms with Crippen LogP contribution in [0.25, 0.3) is 0 Å². The van der Waals surface area contributed by atoms with E-state index in [0.29, 0.717) is 0 Å². The first-order valence-corrected chi connectivity index (χ1v) is 5.18. The van der Waals surface area contributed by atoms with E-state index in [2.05, 4.69) is 0 Å². The fraction of sp³-hybridized carbons (Fsp3) is 1.00. The molecular formula is C3H6BiOTe. The monoisotopic (exact) mass is 397 g/mol. The van der Waals surface area contributed by atoms with Gasteiger partial charge in [-0.1, -0.05) is 0 Å². The SMILES string of the molecule is [Te]OCC[CH2][Bi]. The van der Waals surface area contributed by atoms with Crippen LogP contribution in [0.2, 0.25) is 4.13 Å². The molecule has 3 heteroatoms. The average molecular weight is 395 g/mol. The third-order valence-electron chi connectivity index (χ3n) is 0.386. The molecule has 6 heavy (non-hydrogen) atoms. The van der Waals surface area contributed by atoms with Crippen molar-refractivity contribution in [3.8, 4) is 0 Å². The van der Waals surface area contributed by atoms with Crippen LogP contribution < -0.4 is 0 Å². The van der Waals surface area contributed by atoms with Crippen molar-refractivity contribution < 1.29 is 3.10 Å². The molecule has 1 nitrogen and oxygen atoms in total. The van der Waals surface area contributed by atoms with Gasteiger partial charge in [0.2, 0.25) is 0 Å². The molecule has 0 aliphatic rings. The van der Waals surface area contributed by atoms with E-state index in [1.165, 1.54) is 35.3 Å². The molecule has 0 fully saturated rings. The topological polar surface area (TPSA) is 9.23 Å². The third kappa shape index (κ3) is 5.63. The molecule has 35 valence electrons. The summed E-state index contributed by atoms with van der Waals surface area (Å²) in [6.07, 6.45) is 1.24. The Bertz CT molecular complexity index is 22.8. The van der Waals surface area contributed by atoms with Gasteiger partial charge in [0.1, 0.15) is 0 Å². The van der Waals surface area contributed by atoms with E-state index >= 15 is 0 Å². The summed E-state index contributed by atoms with van der Waals surface area (Å²) in [5.41, 5.74) is 0. The minimum absolute atomic E-state index is 0.945. The Labute approximate surface area is 67.1 Å². The molecule has 0 aromatic heterocycles. The molecule has 0 heterocycles. The Hall–Kier alpha value is 1.63. The van der Waals surface area contributed by atoms with Crippen LogP contribution in [0.3, 0.4) is 0 Å². The van der Waals surface area contributed by atoms with Gasteiger partial charge in [-0.15, -0.1) is 0 Å². The molecule has 0 saturated heterocycles. The van der Waals surface area contributed by atoms with Crippen LogP contribution >= 0.6 is 0 Å². The molecule has 0 aromatic rings. The summed E-state index contributed by atoms with van der Waals surface area (Å²) in [6.45, 7) is 0.945. The predicted octanol–water partition coefficient (Wildman–Crippen LogP) is 0.0634. The molecule has 0 aromatic carbocycles. The zero-order valence-corrected chi connectivity index (χ0v) is 9.19. The Kier molecular flexibility index (Phi) is 8.44. The second-order valence-electron chi connectivity index (χ2n) is 0.899. The molecule has 0 rings (SSSR count). The normalized spacial score (nSPS) is 9.00. The van der Waals surface area contributed by atoms with Gasteiger partial charge in [0, 0.05) is 0 Å². The second kappa shape index (κ2) is 6.63. The number of hydrogen-bond acceptors (Lipinski definition) is 1. The van der Waals surface area contributed by atoms with Crippen LogP contribution in [0.15, 0.2) is 0 Å². The molecule has 0 spiro atoms. The van der Waals surface area contributed by atoms with Crippen molar-refractivity contribution >= 4 is 47.4 Å². The van der Waals surface area contributed by atoms with Gasteiger partial charge in [-0.3, -0.25) is 0 Å². The van der Waals surface area contributed by atoms with Gasteiger partial charge in [-0.2, -0.15) is 0 Å². The zero-order chi connectivity index (χ0) is 4.83. The number of hydrogen-bond donors (Lipinski definition) is 0. The Morgan fingerprint density at radius 2 is 2.33 bits per heavy atom. The summed E-state index contributed by atoms with van der Waals surface area (Å²) in [6, 6.07) is 0. The van der Waals surface area contributed by atoms with Crippen LogP contribution in [0.5, 0.6) is 0 Å². The van der Waals surface area contributed by atoms with E-state index < -0.39 is 0 Å². The Morgan fingerprint density at radius 1 is 1.67 bits per heavy atom. The Balaban J connectivity index is 2.34. The molecule has 0 N–H and O–H groups in total. The molecule has 0 atom stereocenters. The third-order valence-corrected chi connectivity index (χ3v) is 2.09. The summed E-state index contributed by atoms with van der Waals surface area (Å²) in [5.74, 6) is 0. The summed E-state index contributed by atoms with van der Waals surface area (Å²) in [7, 11) is 0. The van der Waals surface area contributed by atoms with Crippen molar-refractivity contribution in [3.63, 3.8) is 0 Å². The summed E-state index contributed by atoms with van der Waals surface area (Å²) in [4.78, 5) is 0. The maximum atomic E-state index is 4.81. The van der Waals surface area contributed by atoms with E-state index in [1.54, 1.807) is 22.7 Å². The van der Waals surface area contributed by atoms with Gasteiger partial charge in [0.15, 0.2) is 0 Å². The van der Waals surface area contributed by atoms with Crippen LogP contribution in [0.1, 0.15) is 6.42 Å². The standard InChI is InChI=1S/C3H6OTe.Bi/c1-2-3-4-5;/h1-3H2;. The number of rotatable bonds is 3. The van der Waals surface area contributed by atoms with Gasteiger partial charge in [-0.25, -0.2) is 0 Å². The fourth-order valence-corrected chi connectivity index (χ4v) is 0.962. The first kappa shape index (κ1) is 7.63. The van der Waals surface area contributed by atoms with Crippen LogP contribution in [-0.4, -0.2) is 54.0 Å². The summed E-state index contributed by atoms with van der Waals surface area (Å²) >= 11 is 3.17. The molecule has 0 aliphatic carbocycles. The van der Waals surface area contributed by atoms with E-state index in [1.807, 2.05) is 0 Å². The van der Waals surface area contributed by atoms with Gasteiger partial charge in [0.05, 0.1) is 0 Å². The Morgan fingerprint density at radius 3 is 2.50 bits per heavy atom. The van der Waals surface area contributed by atoms with Crippen molar-refractivity contribution in [2.24, 2.45) is 0 Å².